The molecule has 0 aromatic carbocycles. The average Bonchev–Trinajstić information content (AvgIpc) is 3.96. The van der Waals surface area contributed by atoms with Gasteiger partial charge < -0.3 is 29.6 Å². The van der Waals surface area contributed by atoms with Crippen LogP contribution in [-0.2, 0) is 36.7 Å². The topological polar surface area (TPSA) is 208 Å². The minimum absolute atomic E-state index is 0.0180. The van der Waals surface area contributed by atoms with E-state index in [9.17, 15) is 19.2 Å². The maximum absolute atomic E-state index is 12.8. The molecule has 5 heterocycles. The maximum atomic E-state index is 12.8. The molecule has 4 aromatic rings. The van der Waals surface area contributed by atoms with Crippen LogP contribution in [0.1, 0.15) is 73.5 Å². The molecule has 54 heavy (non-hydrogen) atoms. The van der Waals surface area contributed by atoms with Crippen LogP contribution in [0.25, 0.3) is 5.65 Å². The van der Waals surface area contributed by atoms with Gasteiger partial charge in [-0.2, -0.15) is 10.2 Å². The highest BCUT2D eigenvalue weighted by Crippen LogP contribution is 2.36. The van der Waals surface area contributed by atoms with Gasteiger partial charge in [-0.25, -0.2) is 14.6 Å². The first-order chi connectivity index (χ1) is 26.2. The molecule has 5 amide bonds. The van der Waals surface area contributed by atoms with Gasteiger partial charge in [0.15, 0.2) is 0 Å². The molecule has 1 aliphatic carbocycles. The Balaban J connectivity index is 0.794. The number of H-pyrrole nitrogens is 1. The lowest BCUT2D eigenvalue weighted by Crippen LogP contribution is -2.50. The molecule has 290 valence electrons. The summed E-state index contributed by atoms with van der Waals surface area (Å²) in [6, 6.07) is 5.33. The Labute approximate surface area is 312 Å². The Kier molecular flexibility index (Phi) is 13.2. The van der Waals surface area contributed by atoms with Crippen LogP contribution in [0.15, 0.2) is 43.0 Å². The van der Waals surface area contributed by atoms with E-state index in [0.29, 0.717) is 76.4 Å². The molecule has 4 aromatic heterocycles. The number of hydrogen-bond donors (Lipinski definition) is 4. The summed E-state index contributed by atoms with van der Waals surface area (Å²) in [4.78, 5) is 54.6. The van der Waals surface area contributed by atoms with Crippen LogP contribution in [0.3, 0.4) is 0 Å². The van der Waals surface area contributed by atoms with Crippen LogP contribution in [0.4, 0.5) is 21.2 Å². The molecule has 0 spiro atoms. The van der Waals surface area contributed by atoms with Crippen molar-refractivity contribution in [3.8, 4) is 0 Å². The second-order valence-corrected chi connectivity index (χ2v) is 13.5. The van der Waals surface area contributed by atoms with Gasteiger partial charge in [-0.3, -0.25) is 34.0 Å². The van der Waals surface area contributed by atoms with Crippen molar-refractivity contribution >= 4 is 41.2 Å². The number of rotatable bonds is 19. The minimum atomic E-state index is -0.438. The number of amides is 5. The summed E-state index contributed by atoms with van der Waals surface area (Å²) < 4.78 is 26.0. The third-order valence-corrected chi connectivity index (χ3v) is 9.10. The monoisotopic (exact) mass is 748 g/mol. The van der Waals surface area contributed by atoms with Crippen molar-refractivity contribution in [2.45, 2.75) is 77.0 Å². The van der Waals surface area contributed by atoms with Gasteiger partial charge >= 0.3 is 12.1 Å². The first-order valence-corrected chi connectivity index (χ1v) is 18.4. The lowest BCUT2D eigenvalue weighted by Gasteiger charge is -2.25. The number of carbonyl (C=O) groups is 4. The zero-order valence-corrected chi connectivity index (χ0v) is 30.6. The summed E-state index contributed by atoms with van der Waals surface area (Å²) in [5, 5.41) is 19.4. The number of alkyl carbamates (subject to hydrolysis) is 1. The van der Waals surface area contributed by atoms with Crippen molar-refractivity contribution in [2.24, 2.45) is 0 Å². The van der Waals surface area contributed by atoms with E-state index in [1.807, 2.05) is 42.6 Å². The van der Waals surface area contributed by atoms with E-state index in [0.717, 1.165) is 42.6 Å². The number of imidazole rings is 1. The lowest BCUT2D eigenvalue weighted by atomic mass is 10.0. The number of carbonyl (C=O) groups excluding carboxylic acids is 4. The Hall–Kier alpha value is -5.33. The first kappa shape index (κ1) is 38.4. The van der Waals surface area contributed by atoms with E-state index in [4.69, 9.17) is 18.9 Å². The molecule has 2 fully saturated rings. The molecule has 0 unspecified atom stereocenters. The van der Waals surface area contributed by atoms with Crippen molar-refractivity contribution in [2.75, 3.05) is 56.4 Å². The van der Waals surface area contributed by atoms with Crippen molar-refractivity contribution in [3.63, 3.8) is 0 Å². The van der Waals surface area contributed by atoms with Gasteiger partial charge in [-0.1, -0.05) is 6.07 Å². The van der Waals surface area contributed by atoms with Crippen LogP contribution >= 0.6 is 0 Å². The number of imide groups is 1. The van der Waals surface area contributed by atoms with Crippen molar-refractivity contribution in [3.05, 3.63) is 59.8 Å². The van der Waals surface area contributed by atoms with E-state index in [-0.39, 0.29) is 36.3 Å². The molecule has 1 saturated heterocycles. The van der Waals surface area contributed by atoms with Crippen LogP contribution in [0, 0.1) is 0 Å². The second kappa shape index (κ2) is 18.6. The molecule has 2 aliphatic rings. The summed E-state index contributed by atoms with van der Waals surface area (Å²) in [6.45, 7) is 7.30. The molecule has 6 rings (SSSR count). The highest BCUT2D eigenvalue weighted by atomic mass is 16.6. The summed E-state index contributed by atoms with van der Waals surface area (Å²) >= 11 is 0. The summed E-state index contributed by atoms with van der Waals surface area (Å²) in [7, 11) is 0. The Morgan fingerprint density at radius 1 is 1.04 bits per heavy atom. The Morgan fingerprint density at radius 3 is 2.63 bits per heavy atom. The highest BCUT2D eigenvalue weighted by Gasteiger charge is 2.31. The molecule has 18 heteroatoms. The third kappa shape index (κ3) is 10.4. The summed E-state index contributed by atoms with van der Waals surface area (Å²) in [6.07, 6.45) is 10.2. The van der Waals surface area contributed by atoms with Gasteiger partial charge in [0.2, 0.25) is 5.91 Å². The molecule has 2 atom stereocenters. The Bertz CT molecular complexity index is 1890. The second-order valence-electron chi connectivity index (χ2n) is 13.5. The van der Waals surface area contributed by atoms with Gasteiger partial charge in [-0.15, -0.1) is 0 Å². The summed E-state index contributed by atoms with van der Waals surface area (Å²) in [5.74, 6) is 0.681. The predicted molar refractivity (Wildman–Crippen MR) is 195 cm³/mol. The fourth-order valence-electron chi connectivity index (χ4n) is 6.44. The third-order valence-electron chi connectivity index (χ3n) is 9.10. The van der Waals surface area contributed by atoms with E-state index < -0.39 is 12.1 Å². The van der Waals surface area contributed by atoms with Crippen LogP contribution in [0.5, 0.6) is 0 Å². The van der Waals surface area contributed by atoms with Crippen LogP contribution in [0.2, 0.25) is 0 Å². The number of nitrogens with zero attached hydrogens (tertiary/aromatic N) is 6. The number of ether oxygens (including phenoxy) is 4. The molecule has 1 saturated carbocycles. The van der Waals surface area contributed by atoms with Crippen LogP contribution < -0.4 is 20.9 Å². The SMILES string of the molecule is CC(C)NC(=O)O[C@@H]1CC[C@H](c2cc(NC(=O)c3cnn(CCOCCOCCOCCCc4cccn5c(N6CCC(=O)NC6=O)cnc45)c3)[nH]n2)C1. The molecule has 0 bridgehead atoms. The zero-order chi connectivity index (χ0) is 37.9. The number of anilines is 2. The molecular weight excluding hydrogens is 700 g/mol. The number of hydrogen-bond acceptors (Lipinski definition) is 11. The fraction of sp³-hybridized carbons (Fsp3) is 0.528. The van der Waals surface area contributed by atoms with Crippen LogP contribution in [-0.4, -0.2) is 112 Å². The smallest absolute Gasteiger partial charge is 0.407 e. The van der Waals surface area contributed by atoms with Gasteiger partial charge in [0.25, 0.3) is 5.91 Å². The van der Waals surface area contributed by atoms with Crippen molar-refractivity contribution < 1.29 is 38.1 Å². The number of nitrogens with one attached hydrogen (secondary N) is 4. The van der Waals surface area contributed by atoms with E-state index in [2.05, 4.69) is 36.2 Å². The molecule has 18 nitrogen and oxygen atoms in total. The molecular formula is C36H48N10O8. The predicted octanol–water partition coefficient (Wildman–Crippen LogP) is 3.41. The number of aromatic amines is 1. The summed E-state index contributed by atoms with van der Waals surface area (Å²) in [5.41, 5.74) is 3.06. The van der Waals surface area contributed by atoms with E-state index in [1.54, 1.807) is 17.1 Å². The molecule has 4 N–H and O–H groups in total. The van der Waals surface area contributed by atoms with Crippen molar-refractivity contribution in [1.29, 1.82) is 0 Å². The van der Waals surface area contributed by atoms with Crippen molar-refractivity contribution in [1.82, 2.24) is 40.0 Å². The number of pyridine rings is 1. The fourth-order valence-corrected chi connectivity index (χ4v) is 6.44. The highest BCUT2D eigenvalue weighted by molar-refractivity contribution is 6.05. The quantitative estimate of drug-likeness (QED) is 0.102. The van der Waals surface area contributed by atoms with Gasteiger partial charge in [-0.05, 0) is 57.6 Å². The lowest BCUT2D eigenvalue weighted by molar-refractivity contribution is -0.120. The standard InChI is InChI=1S/C36H48N10O8/c1-24(2)39-36(50)54-28-8-7-26(19-28)29-20-30(43-42-29)40-34(48)27-21-38-44(23-27)12-14-52-16-18-53-17-15-51-13-4-6-25-5-3-10-45-32(22-37-33(25)45)46-11-9-31(47)41-35(46)49/h3,5,10,20-24,26,28H,4,6-9,11-19H2,1-2H3,(H,39,50)(H,41,47,49)(H2,40,42,43,48)/t26-,28+/m0/s1. The number of aromatic nitrogens is 6. The van der Waals surface area contributed by atoms with Gasteiger partial charge in [0.05, 0.1) is 63.2 Å². The molecule has 0 radical (unpaired) electrons. The van der Waals surface area contributed by atoms with Gasteiger partial charge in [0.1, 0.15) is 23.4 Å². The largest absolute Gasteiger partial charge is 0.446 e. The maximum Gasteiger partial charge on any atom is 0.407 e. The number of fused-ring (bicyclic) bond motifs is 1. The Morgan fingerprint density at radius 2 is 1.83 bits per heavy atom. The first-order valence-electron chi connectivity index (χ1n) is 18.4. The normalized spacial score (nSPS) is 17.4. The average molecular weight is 749 g/mol. The number of aryl methyl sites for hydroxylation is 1. The molecule has 1 aliphatic heterocycles. The van der Waals surface area contributed by atoms with Gasteiger partial charge in [0, 0.05) is 50.0 Å². The minimum Gasteiger partial charge on any atom is -0.446 e. The number of urea groups is 1. The zero-order valence-electron chi connectivity index (χ0n) is 30.6. The van der Waals surface area contributed by atoms with E-state index in [1.165, 1.54) is 11.1 Å². The van der Waals surface area contributed by atoms with E-state index >= 15 is 0 Å².